The lowest BCUT2D eigenvalue weighted by Crippen LogP contribution is -2.16. The molecular weight excluding hydrogens is 338 g/mol. The highest BCUT2D eigenvalue weighted by atomic mass is 16.5. The fourth-order valence-corrected chi connectivity index (χ4v) is 3.56. The molecule has 2 N–H and O–H groups in total. The molecule has 1 fully saturated rings. The highest BCUT2D eigenvalue weighted by Gasteiger charge is 2.14. The molecule has 1 aliphatic carbocycles. The van der Waals surface area contributed by atoms with E-state index >= 15 is 0 Å². The molecule has 27 heavy (non-hydrogen) atoms. The molecule has 0 unspecified atom stereocenters. The summed E-state index contributed by atoms with van der Waals surface area (Å²) in [4.78, 5) is 4.09. The summed E-state index contributed by atoms with van der Waals surface area (Å²) in [6.45, 7) is 0.694. The highest BCUT2D eigenvalue weighted by Crippen LogP contribution is 2.25. The molecule has 0 saturated heterocycles. The van der Waals surface area contributed by atoms with Crippen molar-refractivity contribution in [1.29, 1.82) is 0 Å². The first kappa shape index (κ1) is 17.7. The van der Waals surface area contributed by atoms with Gasteiger partial charge < -0.3 is 15.0 Å². The van der Waals surface area contributed by atoms with Crippen molar-refractivity contribution in [3.8, 4) is 11.3 Å². The van der Waals surface area contributed by atoms with Gasteiger partial charge in [0.15, 0.2) is 5.76 Å². The van der Waals surface area contributed by atoms with E-state index in [1.54, 1.807) is 6.20 Å². The number of nitrogen functional groups attached to an aromatic ring is 1. The molecule has 0 bridgehead atoms. The van der Waals surface area contributed by atoms with Gasteiger partial charge in [0.1, 0.15) is 5.82 Å². The average molecular weight is 363 g/mol. The Bertz CT molecular complexity index is 867. The SMILES string of the molecule is Nc1ncccc1-c1cc(Cc2ccc(COC3CCCCC3)cc2)no1. The molecule has 4 rings (SSSR count). The van der Waals surface area contributed by atoms with Crippen LogP contribution in [0.25, 0.3) is 11.3 Å². The summed E-state index contributed by atoms with van der Waals surface area (Å²) < 4.78 is 11.5. The Morgan fingerprint density at radius 2 is 1.81 bits per heavy atom. The van der Waals surface area contributed by atoms with Crippen LogP contribution in [0.3, 0.4) is 0 Å². The number of nitrogens with zero attached hydrogens (tertiary/aromatic N) is 2. The Hall–Kier alpha value is -2.66. The van der Waals surface area contributed by atoms with Gasteiger partial charge in [-0.3, -0.25) is 0 Å². The third-order valence-corrected chi connectivity index (χ3v) is 5.11. The molecule has 2 heterocycles. The number of aromatic nitrogens is 2. The summed E-state index contributed by atoms with van der Waals surface area (Å²) in [5, 5.41) is 4.17. The Morgan fingerprint density at radius 3 is 2.59 bits per heavy atom. The van der Waals surface area contributed by atoms with Gasteiger partial charge in [-0.2, -0.15) is 0 Å². The van der Waals surface area contributed by atoms with Crippen molar-refractivity contribution in [2.24, 2.45) is 0 Å². The van der Waals surface area contributed by atoms with Crippen LogP contribution < -0.4 is 5.73 Å². The third kappa shape index (κ3) is 4.55. The summed E-state index contributed by atoms with van der Waals surface area (Å²) in [6.07, 6.45) is 9.17. The largest absolute Gasteiger partial charge is 0.383 e. The first-order valence-electron chi connectivity index (χ1n) is 9.64. The van der Waals surface area contributed by atoms with Crippen LogP contribution in [-0.2, 0) is 17.8 Å². The smallest absolute Gasteiger partial charge is 0.170 e. The van der Waals surface area contributed by atoms with Crippen molar-refractivity contribution < 1.29 is 9.26 Å². The van der Waals surface area contributed by atoms with Crippen LogP contribution in [0.5, 0.6) is 0 Å². The second-order valence-electron chi connectivity index (χ2n) is 7.18. The first-order chi connectivity index (χ1) is 13.3. The van der Waals surface area contributed by atoms with Crippen LogP contribution in [-0.4, -0.2) is 16.2 Å². The molecule has 5 nitrogen and oxygen atoms in total. The Morgan fingerprint density at radius 1 is 1.04 bits per heavy atom. The van der Waals surface area contributed by atoms with Crippen LogP contribution in [0.2, 0.25) is 0 Å². The fourth-order valence-electron chi connectivity index (χ4n) is 3.56. The Labute approximate surface area is 159 Å². The average Bonchev–Trinajstić information content (AvgIpc) is 3.17. The minimum absolute atomic E-state index is 0.437. The van der Waals surface area contributed by atoms with E-state index in [-0.39, 0.29) is 0 Å². The molecule has 1 aromatic carbocycles. The lowest BCUT2D eigenvalue weighted by atomic mass is 9.98. The van der Waals surface area contributed by atoms with E-state index in [1.807, 2.05) is 18.2 Å². The van der Waals surface area contributed by atoms with E-state index < -0.39 is 0 Å². The second-order valence-corrected chi connectivity index (χ2v) is 7.18. The van der Waals surface area contributed by atoms with Crippen molar-refractivity contribution in [3.05, 3.63) is 65.5 Å². The van der Waals surface area contributed by atoms with Crippen LogP contribution in [0.4, 0.5) is 5.82 Å². The molecule has 0 aliphatic heterocycles. The van der Waals surface area contributed by atoms with Crippen LogP contribution in [0, 0.1) is 0 Å². The maximum Gasteiger partial charge on any atom is 0.170 e. The van der Waals surface area contributed by atoms with E-state index in [4.69, 9.17) is 15.0 Å². The zero-order chi connectivity index (χ0) is 18.5. The molecule has 1 aliphatic rings. The zero-order valence-electron chi connectivity index (χ0n) is 15.4. The monoisotopic (exact) mass is 363 g/mol. The summed E-state index contributed by atoms with van der Waals surface area (Å²) in [5.74, 6) is 1.09. The van der Waals surface area contributed by atoms with Gasteiger partial charge in [-0.05, 0) is 36.1 Å². The normalized spacial score (nSPS) is 15.1. The quantitative estimate of drug-likeness (QED) is 0.683. The molecule has 3 aromatic rings. The van der Waals surface area contributed by atoms with Gasteiger partial charge >= 0.3 is 0 Å². The number of ether oxygens (including phenoxy) is 1. The topological polar surface area (TPSA) is 74.2 Å². The number of pyridine rings is 1. The number of benzene rings is 1. The number of nitrogens with two attached hydrogens (primary N) is 1. The summed E-state index contributed by atoms with van der Waals surface area (Å²) in [7, 11) is 0. The third-order valence-electron chi connectivity index (χ3n) is 5.11. The molecule has 0 radical (unpaired) electrons. The lowest BCUT2D eigenvalue weighted by Gasteiger charge is -2.22. The Balaban J connectivity index is 1.35. The van der Waals surface area contributed by atoms with E-state index in [0.717, 1.165) is 11.3 Å². The fraction of sp³-hybridized carbons (Fsp3) is 0.364. The first-order valence-corrected chi connectivity index (χ1v) is 9.64. The summed E-state index contributed by atoms with van der Waals surface area (Å²) >= 11 is 0. The van der Waals surface area contributed by atoms with Crippen molar-refractivity contribution >= 4 is 5.82 Å². The predicted octanol–water partition coefficient (Wildman–Crippen LogP) is 4.76. The second kappa shape index (κ2) is 8.35. The molecule has 5 heteroatoms. The van der Waals surface area contributed by atoms with Gasteiger partial charge in [-0.25, -0.2) is 4.98 Å². The molecule has 0 spiro atoms. The van der Waals surface area contributed by atoms with Gasteiger partial charge in [0.25, 0.3) is 0 Å². The highest BCUT2D eigenvalue weighted by molar-refractivity contribution is 5.69. The number of anilines is 1. The van der Waals surface area contributed by atoms with Crippen molar-refractivity contribution in [1.82, 2.24) is 10.1 Å². The maximum atomic E-state index is 6.05. The van der Waals surface area contributed by atoms with E-state index in [0.29, 0.717) is 30.7 Å². The van der Waals surface area contributed by atoms with Crippen molar-refractivity contribution in [3.63, 3.8) is 0 Å². The molecule has 0 amide bonds. The summed E-state index contributed by atoms with van der Waals surface area (Å²) in [5.41, 5.74) is 9.95. The van der Waals surface area contributed by atoms with Crippen molar-refractivity contribution in [2.75, 3.05) is 5.73 Å². The van der Waals surface area contributed by atoms with Gasteiger partial charge in [0.2, 0.25) is 0 Å². The van der Waals surface area contributed by atoms with Gasteiger partial charge in [0.05, 0.1) is 24.0 Å². The maximum absolute atomic E-state index is 6.05. The number of hydrogen-bond acceptors (Lipinski definition) is 5. The molecular formula is C22H25N3O2. The van der Waals surface area contributed by atoms with E-state index in [2.05, 4.69) is 34.4 Å². The lowest BCUT2D eigenvalue weighted by molar-refractivity contribution is 0.0169. The standard InChI is InChI=1S/C22H25N3O2/c23-22-20(7-4-12-24-22)21-14-18(25-27-21)13-16-8-10-17(11-9-16)15-26-19-5-2-1-3-6-19/h4,7-12,14,19H,1-3,5-6,13,15H2,(H2,23,24). The van der Waals surface area contributed by atoms with Crippen molar-refractivity contribution in [2.45, 2.75) is 51.2 Å². The zero-order valence-corrected chi connectivity index (χ0v) is 15.4. The molecule has 0 atom stereocenters. The van der Waals surface area contributed by atoms with E-state index in [1.165, 1.54) is 43.2 Å². The van der Waals surface area contributed by atoms with E-state index in [9.17, 15) is 0 Å². The minimum Gasteiger partial charge on any atom is -0.383 e. The molecule has 2 aromatic heterocycles. The van der Waals surface area contributed by atoms with Gasteiger partial charge in [-0.1, -0.05) is 48.7 Å². The van der Waals surface area contributed by atoms with Crippen LogP contribution in [0.15, 0.2) is 53.2 Å². The molecule has 1 saturated carbocycles. The van der Waals surface area contributed by atoms with Crippen LogP contribution >= 0.6 is 0 Å². The molecule has 140 valence electrons. The minimum atomic E-state index is 0.437. The number of rotatable bonds is 6. The number of hydrogen-bond donors (Lipinski definition) is 1. The Kier molecular flexibility index (Phi) is 5.49. The van der Waals surface area contributed by atoms with Gasteiger partial charge in [-0.15, -0.1) is 0 Å². The predicted molar refractivity (Wildman–Crippen MR) is 105 cm³/mol. The van der Waals surface area contributed by atoms with Crippen LogP contribution in [0.1, 0.15) is 48.9 Å². The summed E-state index contributed by atoms with van der Waals surface area (Å²) in [6, 6.07) is 14.2. The van der Waals surface area contributed by atoms with Gasteiger partial charge in [0, 0.05) is 18.7 Å².